The molecule has 1 N–H and O–H groups in total. The summed E-state index contributed by atoms with van der Waals surface area (Å²) in [5.74, 6) is -2.36. The van der Waals surface area contributed by atoms with Crippen LogP contribution in [0.1, 0.15) is 5.56 Å². The molecule has 0 atom stereocenters. The molecule has 0 spiro atoms. The highest BCUT2D eigenvalue weighted by molar-refractivity contribution is 5.61. The molecule has 4 nitrogen and oxygen atoms in total. The molecule has 19 heavy (non-hydrogen) atoms. The van der Waals surface area contributed by atoms with Crippen molar-refractivity contribution >= 4 is 11.4 Å². The summed E-state index contributed by atoms with van der Waals surface area (Å²) in [6.45, 7) is 0.284. The van der Waals surface area contributed by atoms with Gasteiger partial charge in [-0.05, 0) is 5.56 Å². The molecule has 0 bridgehead atoms. The SMILES string of the molecule is O=[N+]([O-])c1cc(F)c(F)cc1NCc1ccccc1. The summed E-state index contributed by atoms with van der Waals surface area (Å²) in [5.41, 5.74) is 0.337. The Morgan fingerprint density at radius 1 is 1.11 bits per heavy atom. The number of nitro benzene ring substituents is 1. The molecular formula is C13H10F2N2O2. The van der Waals surface area contributed by atoms with Crippen molar-refractivity contribution in [3.8, 4) is 0 Å². The fraction of sp³-hybridized carbons (Fsp3) is 0.0769. The van der Waals surface area contributed by atoms with Gasteiger partial charge in [0.25, 0.3) is 5.69 Å². The molecule has 0 aliphatic carbocycles. The zero-order chi connectivity index (χ0) is 13.8. The van der Waals surface area contributed by atoms with Crippen LogP contribution in [0.2, 0.25) is 0 Å². The molecule has 0 saturated heterocycles. The number of nitrogens with zero attached hydrogens (tertiary/aromatic N) is 1. The minimum absolute atomic E-state index is 0.0484. The highest BCUT2D eigenvalue weighted by atomic mass is 19.2. The fourth-order valence-corrected chi connectivity index (χ4v) is 1.62. The predicted molar refractivity (Wildman–Crippen MR) is 66.8 cm³/mol. The number of benzene rings is 2. The van der Waals surface area contributed by atoms with E-state index in [9.17, 15) is 18.9 Å². The van der Waals surface area contributed by atoms with E-state index < -0.39 is 22.2 Å². The molecule has 0 aromatic heterocycles. The summed E-state index contributed by atoms with van der Waals surface area (Å²) in [6, 6.07) is 10.5. The number of nitrogens with one attached hydrogen (secondary N) is 1. The normalized spacial score (nSPS) is 10.2. The van der Waals surface area contributed by atoms with Gasteiger partial charge in [-0.1, -0.05) is 30.3 Å². The van der Waals surface area contributed by atoms with E-state index in [2.05, 4.69) is 5.32 Å². The maximum Gasteiger partial charge on any atom is 0.295 e. The van der Waals surface area contributed by atoms with Gasteiger partial charge in [0.2, 0.25) is 0 Å². The third kappa shape index (κ3) is 3.04. The van der Waals surface area contributed by atoms with Crippen molar-refractivity contribution in [1.82, 2.24) is 0 Å². The van der Waals surface area contributed by atoms with Gasteiger partial charge in [-0.15, -0.1) is 0 Å². The molecule has 0 amide bonds. The second kappa shape index (κ2) is 5.43. The lowest BCUT2D eigenvalue weighted by Crippen LogP contribution is -2.04. The summed E-state index contributed by atoms with van der Waals surface area (Å²) in [7, 11) is 0. The molecule has 6 heteroatoms. The van der Waals surface area contributed by atoms with Gasteiger partial charge in [-0.3, -0.25) is 10.1 Å². The van der Waals surface area contributed by atoms with Crippen LogP contribution in [0.15, 0.2) is 42.5 Å². The standard InChI is InChI=1S/C13H10F2N2O2/c14-10-6-12(13(17(18)19)7-11(10)15)16-8-9-4-2-1-3-5-9/h1-7,16H,8H2. The summed E-state index contributed by atoms with van der Waals surface area (Å²) >= 11 is 0. The Bertz CT molecular complexity index is 603. The largest absolute Gasteiger partial charge is 0.375 e. The van der Waals surface area contributed by atoms with E-state index >= 15 is 0 Å². The predicted octanol–water partition coefficient (Wildman–Crippen LogP) is 3.49. The number of nitro groups is 1. The molecule has 0 unspecified atom stereocenters. The van der Waals surface area contributed by atoms with Crippen molar-refractivity contribution in [3.63, 3.8) is 0 Å². The average molecular weight is 264 g/mol. The monoisotopic (exact) mass is 264 g/mol. The van der Waals surface area contributed by atoms with Crippen LogP contribution in [0.4, 0.5) is 20.2 Å². The van der Waals surface area contributed by atoms with Crippen LogP contribution in [0.25, 0.3) is 0 Å². The van der Waals surface area contributed by atoms with Crippen molar-refractivity contribution in [2.45, 2.75) is 6.54 Å². The summed E-state index contributed by atoms with van der Waals surface area (Å²) in [5, 5.41) is 13.5. The van der Waals surface area contributed by atoms with Crippen LogP contribution in [0.5, 0.6) is 0 Å². The molecule has 2 aromatic rings. The third-order valence-electron chi connectivity index (χ3n) is 2.56. The van der Waals surface area contributed by atoms with Crippen molar-refractivity contribution in [3.05, 3.63) is 69.8 Å². The van der Waals surface area contributed by atoms with Gasteiger partial charge in [-0.2, -0.15) is 0 Å². The summed E-state index contributed by atoms with van der Waals surface area (Å²) in [6.07, 6.45) is 0. The number of halogens is 2. The molecule has 0 aliphatic rings. The molecule has 0 aliphatic heterocycles. The van der Waals surface area contributed by atoms with Crippen LogP contribution >= 0.6 is 0 Å². The zero-order valence-corrected chi connectivity index (χ0v) is 9.77. The van der Waals surface area contributed by atoms with Gasteiger partial charge in [-0.25, -0.2) is 8.78 Å². The van der Waals surface area contributed by atoms with Gasteiger partial charge in [0.1, 0.15) is 5.69 Å². The Morgan fingerprint density at radius 3 is 2.37 bits per heavy atom. The van der Waals surface area contributed by atoms with E-state index in [0.717, 1.165) is 11.6 Å². The Balaban J connectivity index is 2.24. The molecule has 2 rings (SSSR count). The van der Waals surface area contributed by atoms with E-state index in [-0.39, 0.29) is 12.2 Å². The van der Waals surface area contributed by atoms with Crippen molar-refractivity contribution < 1.29 is 13.7 Å². The van der Waals surface area contributed by atoms with Crippen molar-refractivity contribution in [2.24, 2.45) is 0 Å². The van der Waals surface area contributed by atoms with Crippen molar-refractivity contribution in [2.75, 3.05) is 5.32 Å². The third-order valence-corrected chi connectivity index (χ3v) is 2.56. The summed E-state index contributed by atoms with van der Waals surface area (Å²) < 4.78 is 26.1. The Labute approximate surface area is 107 Å². The number of hydrogen-bond donors (Lipinski definition) is 1. The van der Waals surface area contributed by atoms with E-state index in [4.69, 9.17) is 0 Å². The van der Waals surface area contributed by atoms with Crippen LogP contribution < -0.4 is 5.32 Å². The second-order valence-electron chi connectivity index (χ2n) is 3.88. The van der Waals surface area contributed by atoms with Gasteiger partial charge < -0.3 is 5.32 Å². The van der Waals surface area contributed by atoms with Gasteiger partial charge in [0, 0.05) is 12.6 Å². The lowest BCUT2D eigenvalue weighted by molar-refractivity contribution is -0.384. The first kappa shape index (κ1) is 12.9. The lowest BCUT2D eigenvalue weighted by Gasteiger charge is -2.07. The number of rotatable bonds is 4. The molecule has 98 valence electrons. The second-order valence-corrected chi connectivity index (χ2v) is 3.88. The Kier molecular flexibility index (Phi) is 3.70. The quantitative estimate of drug-likeness (QED) is 0.679. The Morgan fingerprint density at radius 2 is 1.74 bits per heavy atom. The zero-order valence-electron chi connectivity index (χ0n) is 9.77. The molecule has 0 fully saturated rings. The molecule has 0 radical (unpaired) electrons. The van der Waals surface area contributed by atoms with Crippen LogP contribution in [0.3, 0.4) is 0 Å². The first-order valence-corrected chi connectivity index (χ1v) is 5.49. The average Bonchev–Trinajstić information content (AvgIpc) is 2.40. The van der Waals surface area contributed by atoms with Crippen LogP contribution in [-0.4, -0.2) is 4.92 Å². The highest BCUT2D eigenvalue weighted by Crippen LogP contribution is 2.27. The van der Waals surface area contributed by atoms with E-state index in [1.165, 1.54) is 0 Å². The Hall–Kier alpha value is -2.50. The first-order chi connectivity index (χ1) is 9.08. The number of hydrogen-bond acceptors (Lipinski definition) is 3. The fourth-order valence-electron chi connectivity index (χ4n) is 1.62. The van der Waals surface area contributed by atoms with Crippen LogP contribution in [0, 0.1) is 21.7 Å². The van der Waals surface area contributed by atoms with E-state index in [0.29, 0.717) is 6.07 Å². The van der Waals surface area contributed by atoms with E-state index in [1.807, 2.05) is 30.3 Å². The van der Waals surface area contributed by atoms with Gasteiger partial charge >= 0.3 is 0 Å². The topological polar surface area (TPSA) is 55.2 Å². The smallest absolute Gasteiger partial charge is 0.295 e. The molecular weight excluding hydrogens is 254 g/mol. The summed E-state index contributed by atoms with van der Waals surface area (Å²) in [4.78, 5) is 10.0. The minimum atomic E-state index is -1.24. The van der Waals surface area contributed by atoms with Crippen LogP contribution in [-0.2, 0) is 6.54 Å². The maximum atomic E-state index is 13.1. The van der Waals surface area contributed by atoms with Crippen molar-refractivity contribution in [1.29, 1.82) is 0 Å². The lowest BCUT2D eigenvalue weighted by atomic mass is 10.2. The minimum Gasteiger partial charge on any atom is -0.375 e. The molecule has 2 aromatic carbocycles. The maximum absolute atomic E-state index is 13.1. The van der Waals surface area contributed by atoms with Gasteiger partial charge in [0.05, 0.1) is 11.0 Å². The molecule has 0 heterocycles. The first-order valence-electron chi connectivity index (χ1n) is 5.49. The highest BCUT2D eigenvalue weighted by Gasteiger charge is 2.18. The molecule has 0 saturated carbocycles. The van der Waals surface area contributed by atoms with E-state index in [1.54, 1.807) is 0 Å². The van der Waals surface area contributed by atoms with Gasteiger partial charge in [0.15, 0.2) is 11.6 Å². The number of anilines is 1.